The van der Waals surface area contributed by atoms with Gasteiger partial charge in [-0.15, -0.1) is 0 Å². The number of hydrogen-bond acceptors (Lipinski definition) is 10. The second-order valence-corrected chi connectivity index (χ2v) is 24.6. The zero-order valence-electron chi connectivity index (χ0n) is 53.0. The van der Waals surface area contributed by atoms with E-state index in [-0.39, 0.29) is 18.5 Å². The normalized spacial score (nSPS) is 18.3. The molecule has 11 heteroatoms. The molecule has 0 bridgehead atoms. The van der Waals surface area contributed by atoms with Crippen LogP contribution in [0.5, 0.6) is 0 Å². The maximum Gasteiger partial charge on any atom is 0.305 e. The van der Waals surface area contributed by atoms with Gasteiger partial charge in [0.25, 0.3) is 0 Å². The van der Waals surface area contributed by atoms with Crippen molar-refractivity contribution in [2.24, 2.45) is 0 Å². The van der Waals surface area contributed by atoms with Crippen LogP contribution in [0.2, 0.25) is 0 Å². The first kappa shape index (κ1) is 77.2. The predicted molar refractivity (Wildman–Crippen MR) is 338 cm³/mol. The molecular weight excluding hydrogens is 1010 g/mol. The van der Waals surface area contributed by atoms with Crippen LogP contribution < -0.4 is 5.32 Å². The van der Waals surface area contributed by atoms with E-state index in [2.05, 4.69) is 31.3 Å². The minimum absolute atomic E-state index is 0.00694. The number of ether oxygens (including phenoxy) is 3. The molecular formula is C70H133NO10. The first-order valence-electron chi connectivity index (χ1n) is 35.1. The van der Waals surface area contributed by atoms with Gasteiger partial charge in [-0.2, -0.15) is 0 Å². The van der Waals surface area contributed by atoms with Gasteiger partial charge in [-0.25, -0.2) is 0 Å². The van der Waals surface area contributed by atoms with E-state index in [1.807, 2.05) is 6.08 Å². The van der Waals surface area contributed by atoms with Crippen LogP contribution >= 0.6 is 0 Å². The number of carbonyl (C=O) groups is 2. The molecule has 1 rings (SSSR count). The Balaban J connectivity index is 2.00. The van der Waals surface area contributed by atoms with Gasteiger partial charge in [0.2, 0.25) is 5.91 Å². The first-order chi connectivity index (χ1) is 39.7. The predicted octanol–water partition coefficient (Wildman–Crippen LogP) is 17.6. The summed E-state index contributed by atoms with van der Waals surface area (Å²) in [7, 11) is 0. The zero-order chi connectivity index (χ0) is 58.7. The van der Waals surface area contributed by atoms with Crippen LogP contribution in [-0.4, -0.2) is 100 Å². The van der Waals surface area contributed by atoms with Crippen molar-refractivity contribution in [1.82, 2.24) is 5.32 Å². The molecule has 0 saturated carbocycles. The second kappa shape index (κ2) is 59.9. The number of carbonyl (C=O) groups excluding carboxylic acids is 2. The summed E-state index contributed by atoms with van der Waals surface area (Å²) in [6.45, 7) is 4.38. The summed E-state index contributed by atoms with van der Waals surface area (Å²) in [5.74, 6) is -0.172. The molecule has 0 aromatic rings. The van der Waals surface area contributed by atoms with Gasteiger partial charge in [-0.05, 0) is 57.8 Å². The molecule has 7 atom stereocenters. The summed E-state index contributed by atoms with van der Waals surface area (Å²) in [4.78, 5) is 25.1. The van der Waals surface area contributed by atoms with E-state index in [0.29, 0.717) is 19.4 Å². The summed E-state index contributed by atoms with van der Waals surface area (Å²) in [6.07, 6.45) is 64.4. The van der Waals surface area contributed by atoms with Gasteiger partial charge in [-0.3, -0.25) is 9.59 Å². The highest BCUT2D eigenvalue weighted by atomic mass is 16.7. The molecule has 11 nitrogen and oxygen atoms in total. The van der Waals surface area contributed by atoms with E-state index < -0.39 is 49.5 Å². The van der Waals surface area contributed by atoms with Gasteiger partial charge >= 0.3 is 5.97 Å². The van der Waals surface area contributed by atoms with E-state index in [9.17, 15) is 35.1 Å². The lowest BCUT2D eigenvalue weighted by Gasteiger charge is -2.40. The summed E-state index contributed by atoms with van der Waals surface area (Å²) >= 11 is 0. The Bertz CT molecular complexity index is 1390. The number of unbranched alkanes of at least 4 members (excludes halogenated alkanes) is 46. The number of allylic oxidation sites excluding steroid dienone is 3. The smallest absolute Gasteiger partial charge is 0.305 e. The highest BCUT2D eigenvalue weighted by Crippen LogP contribution is 2.23. The van der Waals surface area contributed by atoms with Crippen LogP contribution in [0, 0.1) is 0 Å². The quantitative estimate of drug-likeness (QED) is 0.0195. The van der Waals surface area contributed by atoms with Crippen molar-refractivity contribution < 1.29 is 49.3 Å². The molecule has 0 spiro atoms. The molecule has 81 heavy (non-hydrogen) atoms. The van der Waals surface area contributed by atoms with E-state index >= 15 is 0 Å². The van der Waals surface area contributed by atoms with Gasteiger partial charge < -0.3 is 45.1 Å². The number of aliphatic hydroxyl groups is 5. The highest BCUT2D eigenvalue weighted by Gasteiger charge is 2.44. The van der Waals surface area contributed by atoms with Gasteiger partial charge in [0, 0.05) is 12.8 Å². The Labute approximate surface area is 499 Å². The minimum atomic E-state index is -1.57. The zero-order valence-corrected chi connectivity index (χ0v) is 53.0. The molecule has 1 amide bonds. The fourth-order valence-electron chi connectivity index (χ4n) is 11.3. The maximum absolute atomic E-state index is 13.1. The topological polar surface area (TPSA) is 175 Å². The lowest BCUT2D eigenvalue weighted by atomic mass is 9.99. The van der Waals surface area contributed by atoms with E-state index in [1.165, 1.54) is 263 Å². The number of hydrogen-bond donors (Lipinski definition) is 6. The number of nitrogens with one attached hydrogen (secondary N) is 1. The van der Waals surface area contributed by atoms with Crippen molar-refractivity contribution in [2.75, 3.05) is 19.8 Å². The first-order valence-corrected chi connectivity index (χ1v) is 35.1. The molecule has 1 aliphatic rings. The van der Waals surface area contributed by atoms with E-state index in [1.54, 1.807) is 6.08 Å². The average Bonchev–Trinajstić information content (AvgIpc) is 3.49. The number of amides is 1. The fourth-order valence-corrected chi connectivity index (χ4v) is 11.3. The van der Waals surface area contributed by atoms with Crippen molar-refractivity contribution in [3.63, 3.8) is 0 Å². The van der Waals surface area contributed by atoms with E-state index in [4.69, 9.17) is 14.2 Å². The van der Waals surface area contributed by atoms with E-state index in [0.717, 1.165) is 57.8 Å². The van der Waals surface area contributed by atoms with Crippen molar-refractivity contribution in [3.05, 3.63) is 24.3 Å². The largest absolute Gasteiger partial charge is 0.466 e. The highest BCUT2D eigenvalue weighted by molar-refractivity contribution is 5.76. The molecule has 1 fully saturated rings. The van der Waals surface area contributed by atoms with Crippen molar-refractivity contribution in [2.45, 2.75) is 391 Å². The van der Waals surface area contributed by atoms with Gasteiger partial charge in [0.05, 0.1) is 32.0 Å². The number of esters is 1. The fraction of sp³-hybridized carbons (Fsp3) is 0.914. The molecule has 0 aromatic heterocycles. The number of aliphatic hydroxyl groups excluding tert-OH is 5. The van der Waals surface area contributed by atoms with Crippen LogP contribution in [0.4, 0.5) is 0 Å². The Morgan fingerprint density at radius 2 is 0.790 bits per heavy atom. The Morgan fingerprint density at radius 3 is 1.19 bits per heavy atom. The van der Waals surface area contributed by atoms with Crippen LogP contribution in [0.15, 0.2) is 24.3 Å². The summed E-state index contributed by atoms with van der Waals surface area (Å²) in [6, 6.07) is -0.810. The molecule has 0 radical (unpaired) electrons. The molecule has 1 heterocycles. The molecule has 478 valence electrons. The van der Waals surface area contributed by atoms with Crippen LogP contribution in [0.3, 0.4) is 0 Å². The average molecular weight is 1150 g/mol. The Morgan fingerprint density at radius 1 is 0.444 bits per heavy atom. The van der Waals surface area contributed by atoms with Crippen LogP contribution in [0.1, 0.15) is 348 Å². The number of rotatable bonds is 62. The summed E-state index contributed by atoms with van der Waals surface area (Å²) < 4.78 is 16.7. The van der Waals surface area contributed by atoms with Crippen LogP contribution in [0.25, 0.3) is 0 Å². The second-order valence-electron chi connectivity index (χ2n) is 24.6. The molecule has 0 aromatic carbocycles. The van der Waals surface area contributed by atoms with Crippen LogP contribution in [-0.2, 0) is 23.8 Å². The molecule has 6 N–H and O–H groups in total. The maximum atomic E-state index is 13.1. The van der Waals surface area contributed by atoms with Crippen molar-refractivity contribution >= 4 is 11.9 Å². The Hall–Kier alpha value is -1.86. The Kier molecular flexibility index (Phi) is 57.0. The molecule has 7 unspecified atom stereocenters. The lowest BCUT2D eigenvalue weighted by Crippen LogP contribution is -2.60. The minimum Gasteiger partial charge on any atom is -0.466 e. The van der Waals surface area contributed by atoms with Gasteiger partial charge in [0.1, 0.15) is 24.4 Å². The molecule has 1 saturated heterocycles. The standard InChI is InChI=1S/C70H133NO10/c1-3-5-7-9-11-13-15-16-33-37-40-44-48-52-56-63(73)62(61-80-70-69(78)68(77)67(76)64(60-72)81-70)71-65(74)57-53-49-45-41-38-34-31-29-27-25-23-21-19-17-18-20-22-24-26-28-30-32-35-39-43-47-51-55-59-79-66(75)58-54-50-46-42-36-14-12-10-8-6-4-2/h17-18,52,56,62-64,67-70,72-73,76-78H,3-16,19-51,53-55,57-61H2,1-2H3,(H,71,74)/b18-17-,56-52+. The van der Waals surface area contributed by atoms with Crippen molar-refractivity contribution in [1.29, 1.82) is 0 Å². The molecule has 0 aliphatic carbocycles. The summed E-state index contributed by atoms with van der Waals surface area (Å²) in [5.41, 5.74) is 0. The third-order valence-electron chi connectivity index (χ3n) is 16.8. The summed E-state index contributed by atoms with van der Waals surface area (Å²) in [5, 5.41) is 54.5. The SMILES string of the molecule is CCCCCCCCCCCCCC/C=C/C(O)C(COC1OC(CO)C(O)C(O)C1O)NC(=O)CCCCCCCCCCCCCC/C=C\CCCCCCCCCCCCCCOC(=O)CCCCCCCCCCCCC. The third kappa shape index (κ3) is 49.0. The van der Waals surface area contributed by atoms with Gasteiger partial charge in [0.15, 0.2) is 6.29 Å². The molecule has 1 aliphatic heterocycles. The van der Waals surface area contributed by atoms with Gasteiger partial charge in [-0.1, -0.05) is 301 Å². The third-order valence-corrected chi connectivity index (χ3v) is 16.8. The lowest BCUT2D eigenvalue weighted by molar-refractivity contribution is -0.302. The van der Waals surface area contributed by atoms with Crippen molar-refractivity contribution in [3.8, 4) is 0 Å². The monoisotopic (exact) mass is 1150 g/mol.